The molecule has 0 saturated heterocycles. The number of nitrogens with one attached hydrogen (secondary N) is 1. The lowest BCUT2D eigenvalue weighted by molar-refractivity contribution is 0.406. The summed E-state index contributed by atoms with van der Waals surface area (Å²) in [5.74, 6) is 0. The Morgan fingerprint density at radius 2 is 2.18 bits per heavy atom. The third-order valence-electron chi connectivity index (χ3n) is 3.26. The molecule has 1 aromatic heterocycles. The first-order valence-electron chi connectivity index (χ1n) is 6.56. The number of aromatic nitrogens is 2. The van der Waals surface area contributed by atoms with E-state index < -0.39 is 0 Å². The van der Waals surface area contributed by atoms with E-state index in [9.17, 15) is 0 Å². The fraction of sp³-hybridized carbons (Fsp3) is 0.833. The first-order chi connectivity index (χ1) is 8.40. The van der Waals surface area contributed by atoms with Crippen LogP contribution in [-0.2, 0) is 0 Å². The van der Waals surface area contributed by atoms with Gasteiger partial charge < -0.3 is 5.32 Å². The van der Waals surface area contributed by atoms with E-state index in [0.717, 1.165) is 10.9 Å². The lowest BCUT2D eigenvalue weighted by atomic mass is 9.96. The molecule has 0 amide bonds. The molecule has 0 radical (unpaired) electrons. The monoisotopic (exact) mass is 271 g/mol. The Hall–Kier alpha value is -0.130. The lowest BCUT2D eigenvalue weighted by Crippen LogP contribution is -2.38. The van der Waals surface area contributed by atoms with Crippen molar-refractivity contribution in [1.82, 2.24) is 15.5 Å². The van der Waals surface area contributed by atoms with Crippen LogP contribution in [-0.4, -0.2) is 28.0 Å². The number of rotatable bonds is 4. The van der Waals surface area contributed by atoms with Crippen LogP contribution in [0.25, 0.3) is 0 Å². The van der Waals surface area contributed by atoms with Gasteiger partial charge in [0.2, 0.25) is 0 Å². The molecule has 1 aliphatic carbocycles. The molecule has 0 bridgehead atoms. The van der Waals surface area contributed by atoms with E-state index in [1.807, 2.05) is 17.3 Å². The van der Waals surface area contributed by atoms with Crippen molar-refractivity contribution in [2.75, 3.05) is 6.54 Å². The highest BCUT2D eigenvalue weighted by Crippen LogP contribution is 2.33. The van der Waals surface area contributed by atoms with E-state index in [0.29, 0.717) is 11.3 Å². The van der Waals surface area contributed by atoms with Crippen LogP contribution in [0.4, 0.5) is 0 Å². The maximum atomic E-state index is 4.16. The predicted octanol–water partition coefficient (Wildman–Crippen LogP) is 3.33. The minimum atomic E-state index is 0.647. The van der Waals surface area contributed by atoms with Gasteiger partial charge in [0.05, 0.1) is 0 Å². The van der Waals surface area contributed by atoms with Gasteiger partial charge in [-0.2, -0.15) is 0 Å². The standard InChI is InChI=1S/C12H21N3S2/c1-2-13-10-7-5-3-4-6-8-11(10)17-12-15-14-9-16-12/h9-11,13H,2-8H2,1H3. The van der Waals surface area contributed by atoms with Gasteiger partial charge in [-0.1, -0.05) is 55.7 Å². The second kappa shape index (κ2) is 7.34. The van der Waals surface area contributed by atoms with Crippen LogP contribution in [0.2, 0.25) is 0 Å². The van der Waals surface area contributed by atoms with Crippen LogP contribution in [0.15, 0.2) is 9.85 Å². The van der Waals surface area contributed by atoms with Crippen molar-refractivity contribution in [3.63, 3.8) is 0 Å². The maximum absolute atomic E-state index is 4.16. The van der Waals surface area contributed by atoms with Gasteiger partial charge in [0, 0.05) is 11.3 Å². The smallest absolute Gasteiger partial charge is 0.174 e. The Bertz CT molecular complexity index is 303. The van der Waals surface area contributed by atoms with Crippen LogP contribution < -0.4 is 5.32 Å². The molecule has 1 aromatic rings. The van der Waals surface area contributed by atoms with E-state index in [2.05, 4.69) is 22.4 Å². The molecule has 5 heteroatoms. The van der Waals surface area contributed by atoms with Crippen LogP contribution >= 0.6 is 23.1 Å². The molecule has 1 saturated carbocycles. The molecule has 2 rings (SSSR count). The highest BCUT2D eigenvalue weighted by Gasteiger charge is 2.23. The summed E-state index contributed by atoms with van der Waals surface area (Å²) in [4.78, 5) is 0. The second-order valence-electron chi connectivity index (χ2n) is 4.52. The van der Waals surface area contributed by atoms with Crippen molar-refractivity contribution in [1.29, 1.82) is 0 Å². The van der Waals surface area contributed by atoms with E-state index in [1.54, 1.807) is 11.3 Å². The van der Waals surface area contributed by atoms with E-state index in [1.165, 1.54) is 38.5 Å². The van der Waals surface area contributed by atoms with Crippen molar-refractivity contribution >= 4 is 23.1 Å². The quantitative estimate of drug-likeness (QED) is 0.911. The zero-order valence-electron chi connectivity index (χ0n) is 10.4. The Morgan fingerprint density at radius 1 is 1.35 bits per heavy atom. The molecular formula is C12H21N3S2. The summed E-state index contributed by atoms with van der Waals surface area (Å²) in [6.45, 7) is 3.27. The van der Waals surface area contributed by atoms with Gasteiger partial charge in [0.25, 0.3) is 0 Å². The van der Waals surface area contributed by atoms with Gasteiger partial charge in [-0.15, -0.1) is 10.2 Å². The van der Waals surface area contributed by atoms with Crippen molar-refractivity contribution in [2.45, 2.75) is 61.1 Å². The first kappa shape index (κ1) is 13.3. The van der Waals surface area contributed by atoms with Crippen molar-refractivity contribution in [2.24, 2.45) is 0 Å². The molecule has 0 spiro atoms. The second-order valence-corrected chi connectivity index (χ2v) is 6.84. The fourth-order valence-corrected chi connectivity index (χ4v) is 4.47. The summed E-state index contributed by atoms with van der Waals surface area (Å²) < 4.78 is 1.12. The Balaban J connectivity index is 1.96. The van der Waals surface area contributed by atoms with Gasteiger partial charge >= 0.3 is 0 Å². The summed E-state index contributed by atoms with van der Waals surface area (Å²) in [7, 11) is 0. The summed E-state index contributed by atoms with van der Waals surface area (Å²) >= 11 is 3.59. The maximum Gasteiger partial charge on any atom is 0.174 e. The van der Waals surface area contributed by atoms with Gasteiger partial charge in [-0.3, -0.25) is 0 Å². The van der Waals surface area contributed by atoms with Crippen molar-refractivity contribution < 1.29 is 0 Å². The van der Waals surface area contributed by atoms with E-state index in [-0.39, 0.29) is 0 Å². The molecule has 0 aliphatic heterocycles. The fourth-order valence-electron chi connectivity index (χ4n) is 2.43. The first-order valence-corrected chi connectivity index (χ1v) is 8.32. The SMILES string of the molecule is CCNC1CCCCCCC1Sc1nncs1. The summed E-state index contributed by atoms with van der Waals surface area (Å²) in [6, 6.07) is 0.647. The van der Waals surface area contributed by atoms with Gasteiger partial charge in [-0.05, 0) is 19.4 Å². The highest BCUT2D eigenvalue weighted by atomic mass is 32.2. The topological polar surface area (TPSA) is 37.8 Å². The number of hydrogen-bond acceptors (Lipinski definition) is 5. The predicted molar refractivity (Wildman–Crippen MR) is 74.7 cm³/mol. The minimum Gasteiger partial charge on any atom is -0.313 e. The molecule has 1 fully saturated rings. The summed E-state index contributed by atoms with van der Waals surface area (Å²) in [6.07, 6.45) is 8.14. The van der Waals surface area contributed by atoms with Gasteiger partial charge in [0.15, 0.2) is 4.34 Å². The molecule has 1 N–H and O–H groups in total. The number of thioether (sulfide) groups is 1. The van der Waals surface area contributed by atoms with E-state index in [4.69, 9.17) is 0 Å². The Morgan fingerprint density at radius 3 is 2.88 bits per heavy atom. The Labute approximate surface area is 112 Å². The third-order valence-corrected chi connectivity index (χ3v) is 5.47. The number of hydrogen-bond donors (Lipinski definition) is 1. The number of nitrogens with zero attached hydrogens (tertiary/aromatic N) is 2. The highest BCUT2D eigenvalue weighted by molar-refractivity contribution is 8.01. The van der Waals surface area contributed by atoms with Crippen LogP contribution in [0.1, 0.15) is 45.4 Å². The molecular weight excluding hydrogens is 250 g/mol. The third kappa shape index (κ3) is 4.23. The molecule has 1 heterocycles. The molecule has 3 nitrogen and oxygen atoms in total. The average Bonchev–Trinajstić information content (AvgIpc) is 2.80. The van der Waals surface area contributed by atoms with Crippen LogP contribution in [0.3, 0.4) is 0 Å². The normalized spacial score (nSPS) is 26.4. The molecule has 2 unspecified atom stereocenters. The summed E-state index contributed by atoms with van der Waals surface area (Å²) in [5.41, 5.74) is 1.83. The average molecular weight is 271 g/mol. The molecule has 0 aromatic carbocycles. The van der Waals surface area contributed by atoms with Crippen molar-refractivity contribution in [3.05, 3.63) is 5.51 Å². The minimum absolute atomic E-state index is 0.647. The zero-order chi connectivity index (χ0) is 11.9. The van der Waals surface area contributed by atoms with Gasteiger partial charge in [0.1, 0.15) is 5.51 Å². The van der Waals surface area contributed by atoms with Crippen LogP contribution in [0.5, 0.6) is 0 Å². The molecule has 17 heavy (non-hydrogen) atoms. The van der Waals surface area contributed by atoms with Crippen LogP contribution in [0, 0.1) is 0 Å². The Kier molecular flexibility index (Phi) is 5.74. The van der Waals surface area contributed by atoms with Gasteiger partial charge in [-0.25, -0.2) is 0 Å². The zero-order valence-corrected chi connectivity index (χ0v) is 12.0. The largest absolute Gasteiger partial charge is 0.313 e. The molecule has 96 valence electrons. The van der Waals surface area contributed by atoms with Crippen molar-refractivity contribution in [3.8, 4) is 0 Å². The summed E-state index contributed by atoms with van der Waals surface area (Å²) in [5, 5.41) is 12.4. The van der Waals surface area contributed by atoms with E-state index >= 15 is 0 Å². The molecule has 2 atom stereocenters. The molecule has 1 aliphatic rings. The lowest BCUT2D eigenvalue weighted by Gasteiger charge is -2.28.